The molecular weight excluding hydrogens is 202 g/mol. The third kappa shape index (κ3) is 1.74. The Labute approximate surface area is 86.7 Å². The molecule has 1 fully saturated rings. The number of benzene rings is 1. The molecule has 0 spiro atoms. The number of nitrogens with one attached hydrogen (secondary N) is 1. The van der Waals surface area contributed by atoms with Gasteiger partial charge in [-0.25, -0.2) is 0 Å². The zero-order chi connectivity index (χ0) is 10.1. The average Bonchev–Trinajstić information content (AvgIpc) is 2.05. The van der Waals surface area contributed by atoms with E-state index in [9.17, 15) is 4.79 Å². The summed E-state index contributed by atoms with van der Waals surface area (Å²) in [5.74, 6) is -0.782. The lowest BCUT2D eigenvalue weighted by molar-refractivity contribution is -0.142. The van der Waals surface area contributed by atoms with E-state index < -0.39 is 12.0 Å². The van der Waals surface area contributed by atoms with Crippen LogP contribution in [0.3, 0.4) is 0 Å². The molecular formula is C10H10ClNO2. The molecule has 1 saturated heterocycles. The van der Waals surface area contributed by atoms with Crippen LogP contribution in [0.1, 0.15) is 18.0 Å². The van der Waals surface area contributed by atoms with Gasteiger partial charge in [0.15, 0.2) is 0 Å². The van der Waals surface area contributed by atoms with Crippen molar-refractivity contribution in [3.8, 4) is 0 Å². The van der Waals surface area contributed by atoms with Crippen molar-refractivity contribution in [2.75, 3.05) is 0 Å². The average molecular weight is 212 g/mol. The fraction of sp³-hybridized carbons (Fsp3) is 0.300. The van der Waals surface area contributed by atoms with Gasteiger partial charge in [-0.15, -0.1) is 0 Å². The van der Waals surface area contributed by atoms with E-state index in [0.29, 0.717) is 11.4 Å². The first-order valence-electron chi connectivity index (χ1n) is 4.41. The molecule has 2 N–H and O–H groups in total. The van der Waals surface area contributed by atoms with E-state index >= 15 is 0 Å². The van der Waals surface area contributed by atoms with Crippen molar-refractivity contribution in [1.82, 2.24) is 5.32 Å². The lowest BCUT2D eigenvalue weighted by Crippen LogP contribution is -2.50. The van der Waals surface area contributed by atoms with Crippen molar-refractivity contribution < 1.29 is 9.90 Å². The van der Waals surface area contributed by atoms with E-state index in [0.717, 1.165) is 5.56 Å². The summed E-state index contributed by atoms with van der Waals surface area (Å²) in [6.45, 7) is 0. The van der Waals surface area contributed by atoms with Gasteiger partial charge in [0.05, 0.1) is 0 Å². The number of halogens is 1. The van der Waals surface area contributed by atoms with Crippen LogP contribution in [0.25, 0.3) is 0 Å². The summed E-state index contributed by atoms with van der Waals surface area (Å²) in [5.41, 5.74) is 1.09. The molecule has 3 nitrogen and oxygen atoms in total. The second-order valence-corrected chi connectivity index (χ2v) is 3.83. The van der Waals surface area contributed by atoms with Crippen LogP contribution in [0.5, 0.6) is 0 Å². The van der Waals surface area contributed by atoms with Gasteiger partial charge < -0.3 is 5.11 Å². The number of rotatable bonds is 2. The predicted octanol–water partition coefficient (Wildman–Crippen LogP) is 1.83. The van der Waals surface area contributed by atoms with Crippen molar-refractivity contribution in [2.24, 2.45) is 0 Å². The highest BCUT2D eigenvalue weighted by atomic mass is 35.5. The third-order valence-electron chi connectivity index (χ3n) is 2.44. The highest BCUT2D eigenvalue weighted by Crippen LogP contribution is 2.28. The quantitative estimate of drug-likeness (QED) is 0.785. The molecule has 0 bridgehead atoms. The fourth-order valence-electron chi connectivity index (χ4n) is 1.55. The van der Waals surface area contributed by atoms with Crippen LogP contribution in [0.15, 0.2) is 24.3 Å². The van der Waals surface area contributed by atoms with Crippen LogP contribution in [-0.2, 0) is 4.79 Å². The summed E-state index contributed by atoms with van der Waals surface area (Å²) in [4.78, 5) is 10.5. The predicted molar refractivity (Wildman–Crippen MR) is 53.4 cm³/mol. The minimum Gasteiger partial charge on any atom is -0.480 e. The molecule has 0 aromatic heterocycles. The zero-order valence-electron chi connectivity index (χ0n) is 7.40. The van der Waals surface area contributed by atoms with E-state index in [1.807, 2.05) is 24.3 Å². The number of hydrogen-bond donors (Lipinski definition) is 2. The van der Waals surface area contributed by atoms with E-state index in [-0.39, 0.29) is 6.04 Å². The molecule has 2 rings (SSSR count). The van der Waals surface area contributed by atoms with Crippen molar-refractivity contribution in [2.45, 2.75) is 18.5 Å². The monoisotopic (exact) mass is 211 g/mol. The van der Waals surface area contributed by atoms with Gasteiger partial charge in [0.25, 0.3) is 0 Å². The van der Waals surface area contributed by atoms with E-state index in [1.54, 1.807) is 0 Å². The van der Waals surface area contributed by atoms with Gasteiger partial charge in [-0.3, -0.25) is 10.1 Å². The molecule has 1 aliphatic heterocycles. The molecule has 74 valence electrons. The highest BCUT2D eigenvalue weighted by molar-refractivity contribution is 6.30. The molecule has 4 heteroatoms. The molecule has 2 unspecified atom stereocenters. The van der Waals surface area contributed by atoms with Gasteiger partial charge in [-0.2, -0.15) is 0 Å². The summed E-state index contributed by atoms with van der Waals surface area (Å²) >= 11 is 5.74. The Bertz CT molecular complexity index is 344. The van der Waals surface area contributed by atoms with E-state index in [1.165, 1.54) is 0 Å². The minimum atomic E-state index is -0.782. The van der Waals surface area contributed by atoms with Crippen LogP contribution < -0.4 is 5.32 Å². The minimum absolute atomic E-state index is 0.161. The number of carboxylic acid groups (broad SMARTS) is 1. The summed E-state index contributed by atoms with van der Waals surface area (Å²) in [6, 6.07) is 7.22. The van der Waals surface area contributed by atoms with Gasteiger partial charge in [-0.1, -0.05) is 23.7 Å². The van der Waals surface area contributed by atoms with Crippen molar-refractivity contribution in [3.63, 3.8) is 0 Å². The normalized spacial score (nSPS) is 25.5. The number of hydrogen-bond acceptors (Lipinski definition) is 2. The Balaban J connectivity index is 2.00. The van der Waals surface area contributed by atoms with Gasteiger partial charge in [-0.05, 0) is 24.1 Å². The van der Waals surface area contributed by atoms with Crippen LogP contribution in [-0.4, -0.2) is 17.1 Å². The molecule has 0 saturated carbocycles. The van der Waals surface area contributed by atoms with Crippen molar-refractivity contribution in [1.29, 1.82) is 0 Å². The van der Waals surface area contributed by atoms with Gasteiger partial charge in [0.1, 0.15) is 6.04 Å². The molecule has 2 atom stereocenters. The molecule has 0 radical (unpaired) electrons. The lowest BCUT2D eigenvalue weighted by atomic mass is 9.91. The van der Waals surface area contributed by atoms with E-state index in [2.05, 4.69) is 5.32 Å². The summed E-state index contributed by atoms with van der Waals surface area (Å²) in [6.07, 6.45) is 0.650. The Morgan fingerprint density at radius 1 is 1.43 bits per heavy atom. The maximum atomic E-state index is 10.5. The third-order valence-corrected chi connectivity index (χ3v) is 2.70. The summed E-state index contributed by atoms with van der Waals surface area (Å²) in [5, 5.41) is 12.3. The molecule has 14 heavy (non-hydrogen) atoms. The van der Waals surface area contributed by atoms with Crippen LogP contribution >= 0.6 is 11.6 Å². The van der Waals surface area contributed by atoms with E-state index in [4.69, 9.17) is 16.7 Å². The molecule has 1 aromatic carbocycles. The standard InChI is InChI=1S/C10H10ClNO2/c11-7-3-1-6(2-4-7)8-5-9(12-8)10(13)14/h1-4,8-9,12H,5H2,(H,13,14). The maximum Gasteiger partial charge on any atom is 0.320 e. The first kappa shape index (κ1) is 9.49. The number of carboxylic acids is 1. The summed E-state index contributed by atoms with van der Waals surface area (Å²) < 4.78 is 0. The molecule has 1 aromatic rings. The van der Waals surface area contributed by atoms with Gasteiger partial charge in [0.2, 0.25) is 0 Å². The second kappa shape index (κ2) is 3.59. The van der Waals surface area contributed by atoms with Crippen LogP contribution in [0.2, 0.25) is 5.02 Å². The van der Waals surface area contributed by atoms with Crippen LogP contribution in [0, 0.1) is 0 Å². The number of aliphatic carboxylic acids is 1. The second-order valence-electron chi connectivity index (χ2n) is 3.40. The fourth-order valence-corrected chi connectivity index (χ4v) is 1.68. The topological polar surface area (TPSA) is 49.3 Å². The Hall–Kier alpha value is -1.06. The van der Waals surface area contributed by atoms with Crippen molar-refractivity contribution in [3.05, 3.63) is 34.9 Å². The lowest BCUT2D eigenvalue weighted by Gasteiger charge is -2.34. The largest absolute Gasteiger partial charge is 0.480 e. The molecule has 1 heterocycles. The van der Waals surface area contributed by atoms with Gasteiger partial charge in [0, 0.05) is 11.1 Å². The first-order chi connectivity index (χ1) is 6.66. The molecule has 0 aliphatic carbocycles. The Morgan fingerprint density at radius 3 is 2.50 bits per heavy atom. The summed E-state index contributed by atoms with van der Waals surface area (Å²) in [7, 11) is 0. The smallest absolute Gasteiger partial charge is 0.320 e. The Morgan fingerprint density at radius 2 is 2.00 bits per heavy atom. The number of carbonyl (C=O) groups is 1. The van der Waals surface area contributed by atoms with Crippen molar-refractivity contribution >= 4 is 17.6 Å². The molecule has 0 amide bonds. The Kier molecular flexibility index (Phi) is 2.44. The van der Waals surface area contributed by atoms with Gasteiger partial charge >= 0.3 is 5.97 Å². The van der Waals surface area contributed by atoms with Crippen LogP contribution in [0.4, 0.5) is 0 Å². The highest BCUT2D eigenvalue weighted by Gasteiger charge is 2.34. The molecule has 1 aliphatic rings. The maximum absolute atomic E-state index is 10.5. The first-order valence-corrected chi connectivity index (χ1v) is 4.79. The zero-order valence-corrected chi connectivity index (χ0v) is 8.16. The SMILES string of the molecule is O=C(O)C1CC(c2ccc(Cl)cc2)N1.